The summed E-state index contributed by atoms with van der Waals surface area (Å²) < 4.78 is 38.2. The van der Waals surface area contributed by atoms with Crippen molar-refractivity contribution in [1.82, 2.24) is 0 Å². The van der Waals surface area contributed by atoms with Crippen LogP contribution in [0.3, 0.4) is 0 Å². The summed E-state index contributed by atoms with van der Waals surface area (Å²) in [5, 5.41) is -0.332. The van der Waals surface area contributed by atoms with Crippen molar-refractivity contribution in [2.45, 2.75) is 44.3 Å². The van der Waals surface area contributed by atoms with E-state index >= 15 is 0 Å². The Morgan fingerprint density at radius 2 is 1.92 bits per heavy atom. The molecule has 2 aromatic carbocycles. The number of hydrogen-bond acceptors (Lipinski definition) is 2. The third-order valence-electron chi connectivity index (χ3n) is 4.91. The molecule has 0 saturated carbocycles. The van der Waals surface area contributed by atoms with E-state index in [1.165, 1.54) is 11.6 Å². The second-order valence-corrected chi connectivity index (χ2v) is 9.52. The van der Waals surface area contributed by atoms with Crippen LogP contribution in [0.15, 0.2) is 42.5 Å². The number of hydrogen-bond donors (Lipinski definition) is 0. The topological polar surface area (TPSA) is 34.1 Å². The summed E-state index contributed by atoms with van der Waals surface area (Å²) in [6, 6.07) is 13.0. The molecule has 0 saturated heterocycles. The molecule has 0 bridgehead atoms. The van der Waals surface area contributed by atoms with Crippen molar-refractivity contribution >= 4 is 9.84 Å². The standard InChI is InChI=1S/C20H23FO2S/c1-14(2)24(22,23)13-18-9-8-16-11-15(7-10-19(16)18)12-17-5-3-4-6-20(17)21/h3-7,10-11,14,18H,8-9,12-13H2,1-2H3. The summed E-state index contributed by atoms with van der Waals surface area (Å²) >= 11 is 0. The fourth-order valence-corrected chi connectivity index (χ4v) is 4.67. The first kappa shape index (κ1) is 17.2. The Morgan fingerprint density at radius 3 is 2.62 bits per heavy atom. The minimum Gasteiger partial charge on any atom is -0.229 e. The van der Waals surface area contributed by atoms with Gasteiger partial charge < -0.3 is 0 Å². The van der Waals surface area contributed by atoms with Gasteiger partial charge in [-0.1, -0.05) is 36.4 Å². The predicted octanol–water partition coefficient (Wildman–Crippen LogP) is 4.27. The van der Waals surface area contributed by atoms with Gasteiger partial charge in [-0.25, -0.2) is 12.8 Å². The van der Waals surface area contributed by atoms with Crippen molar-refractivity contribution in [2.75, 3.05) is 5.75 Å². The minimum absolute atomic E-state index is 0.0925. The molecule has 0 fully saturated rings. The first-order valence-corrected chi connectivity index (χ1v) is 10.1. The van der Waals surface area contributed by atoms with Crippen LogP contribution in [0.25, 0.3) is 0 Å². The van der Waals surface area contributed by atoms with Crippen molar-refractivity contribution < 1.29 is 12.8 Å². The maximum Gasteiger partial charge on any atom is 0.153 e. The predicted molar refractivity (Wildman–Crippen MR) is 95.6 cm³/mol. The van der Waals surface area contributed by atoms with Crippen molar-refractivity contribution in [1.29, 1.82) is 0 Å². The summed E-state index contributed by atoms with van der Waals surface area (Å²) in [6.07, 6.45) is 2.35. The second kappa shape index (κ2) is 6.67. The smallest absolute Gasteiger partial charge is 0.153 e. The fraction of sp³-hybridized carbons (Fsp3) is 0.400. The van der Waals surface area contributed by atoms with Gasteiger partial charge in [0, 0.05) is 6.42 Å². The van der Waals surface area contributed by atoms with Crippen LogP contribution in [0.5, 0.6) is 0 Å². The fourth-order valence-electron chi connectivity index (χ4n) is 3.38. The van der Waals surface area contributed by atoms with E-state index in [0.29, 0.717) is 12.0 Å². The molecule has 4 heteroatoms. The largest absolute Gasteiger partial charge is 0.229 e. The van der Waals surface area contributed by atoms with E-state index in [1.54, 1.807) is 26.0 Å². The molecule has 0 aromatic heterocycles. The first-order chi connectivity index (χ1) is 11.4. The average molecular weight is 346 g/mol. The number of aryl methyl sites for hydroxylation is 1. The Bertz CT molecular complexity index is 840. The van der Waals surface area contributed by atoms with E-state index in [-0.39, 0.29) is 22.7 Å². The van der Waals surface area contributed by atoms with Crippen LogP contribution in [0.4, 0.5) is 4.39 Å². The Kier molecular flexibility index (Phi) is 4.77. The molecular formula is C20H23FO2S. The van der Waals surface area contributed by atoms with Crippen LogP contribution in [0.1, 0.15) is 48.4 Å². The molecule has 128 valence electrons. The minimum atomic E-state index is -3.04. The Labute approximate surface area is 143 Å². The Morgan fingerprint density at radius 1 is 1.17 bits per heavy atom. The van der Waals surface area contributed by atoms with E-state index in [9.17, 15) is 12.8 Å². The zero-order valence-corrected chi connectivity index (χ0v) is 14.9. The average Bonchev–Trinajstić information content (AvgIpc) is 2.91. The Balaban J connectivity index is 1.80. The first-order valence-electron chi connectivity index (χ1n) is 8.43. The van der Waals surface area contributed by atoms with E-state index in [2.05, 4.69) is 6.07 Å². The van der Waals surface area contributed by atoms with Crippen LogP contribution in [0.2, 0.25) is 0 Å². The van der Waals surface area contributed by atoms with Crippen LogP contribution < -0.4 is 0 Å². The highest BCUT2D eigenvalue weighted by Crippen LogP contribution is 2.35. The molecule has 0 heterocycles. The van der Waals surface area contributed by atoms with Crippen LogP contribution in [-0.4, -0.2) is 19.4 Å². The highest BCUT2D eigenvalue weighted by molar-refractivity contribution is 7.92. The summed E-state index contributed by atoms with van der Waals surface area (Å²) in [5.74, 6) is 0.137. The van der Waals surface area contributed by atoms with Gasteiger partial charge in [0.2, 0.25) is 0 Å². The number of benzene rings is 2. The summed E-state index contributed by atoms with van der Waals surface area (Å²) in [7, 11) is -3.04. The Hall–Kier alpha value is -1.68. The van der Waals surface area contributed by atoms with E-state index in [0.717, 1.165) is 24.0 Å². The molecule has 1 aliphatic rings. The van der Waals surface area contributed by atoms with Gasteiger partial charge in [-0.3, -0.25) is 0 Å². The summed E-state index contributed by atoms with van der Waals surface area (Å²) in [4.78, 5) is 0. The quantitative estimate of drug-likeness (QED) is 0.810. The van der Waals surface area contributed by atoms with Gasteiger partial charge in [-0.2, -0.15) is 0 Å². The number of sulfone groups is 1. The highest BCUT2D eigenvalue weighted by atomic mass is 32.2. The van der Waals surface area contributed by atoms with Gasteiger partial charge in [0.1, 0.15) is 5.82 Å². The van der Waals surface area contributed by atoms with Gasteiger partial charge in [0.05, 0.1) is 11.0 Å². The van der Waals surface area contributed by atoms with Gasteiger partial charge in [0.25, 0.3) is 0 Å². The second-order valence-electron chi connectivity index (χ2n) is 6.92. The van der Waals surface area contributed by atoms with Crippen molar-refractivity contribution in [3.05, 3.63) is 70.5 Å². The van der Waals surface area contributed by atoms with Crippen LogP contribution in [0, 0.1) is 5.82 Å². The molecule has 1 atom stereocenters. The maximum absolute atomic E-state index is 13.8. The van der Waals surface area contributed by atoms with Crippen molar-refractivity contribution in [3.8, 4) is 0 Å². The zero-order chi connectivity index (χ0) is 17.3. The van der Waals surface area contributed by atoms with Gasteiger partial charge in [-0.05, 0) is 60.9 Å². The lowest BCUT2D eigenvalue weighted by atomic mass is 9.98. The summed E-state index contributed by atoms with van der Waals surface area (Å²) in [5.41, 5.74) is 4.13. The molecule has 1 aliphatic carbocycles. The third kappa shape index (κ3) is 3.54. The highest BCUT2D eigenvalue weighted by Gasteiger charge is 2.29. The lowest BCUT2D eigenvalue weighted by Crippen LogP contribution is -2.21. The van der Waals surface area contributed by atoms with Gasteiger partial charge in [0.15, 0.2) is 9.84 Å². The molecule has 24 heavy (non-hydrogen) atoms. The zero-order valence-electron chi connectivity index (χ0n) is 14.1. The molecule has 0 radical (unpaired) electrons. The summed E-state index contributed by atoms with van der Waals surface area (Å²) in [6.45, 7) is 3.48. The molecule has 0 aliphatic heterocycles. The van der Waals surface area contributed by atoms with Crippen LogP contribution in [-0.2, 0) is 22.7 Å². The SMILES string of the molecule is CC(C)S(=O)(=O)CC1CCc2cc(Cc3ccccc3F)ccc21. The maximum atomic E-state index is 13.8. The number of fused-ring (bicyclic) bond motifs is 1. The monoisotopic (exact) mass is 346 g/mol. The van der Waals surface area contributed by atoms with E-state index < -0.39 is 9.84 Å². The number of rotatable bonds is 5. The van der Waals surface area contributed by atoms with Gasteiger partial charge in [-0.15, -0.1) is 0 Å². The van der Waals surface area contributed by atoms with Crippen molar-refractivity contribution in [2.24, 2.45) is 0 Å². The molecule has 1 unspecified atom stereocenters. The third-order valence-corrected chi connectivity index (χ3v) is 7.22. The lowest BCUT2D eigenvalue weighted by Gasteiger charge is -2.15. The van der Waals surface area contributed by atoms with E-state index in [4.69, 9.17) is 0 Å². The lowest BCUT2D eigenvalue weighted by molar-refractivity contribution is 0.577. The molecule has 0 amide bonds. The normalized spacial score (nSPS) is 17.2. The van der Waals surface area contributed by atoms with Gasteiger partial charge >= 0.3 is 0 Å². The molecule has 2 nitrogen and oxygen atoms in total. The molecule has 0 N–H and O–H groups in total. The van der Waals surface area contributed by atoms with Crippen LogP contribution >= 0.6 is 0 Å². The van der Waals surface area contributed by atoms with Crippen molar-refractivity contribution in [3.63, 3.8) is 0 Å². The molecular weight excluding hydrogens is 323 g/mol. The molecule has 2 aromatic rings. The van der Waals surface area contributed by atoms with E-state index in [1.807, 2.05) is 18.2 Å². The number of halogens is 1. The molecule has 3 rings (SSSR count). The molecule has 0 spiro atoms.